The van der Waals surface area contributed by atoms with Crippen molar-refractivity contribution in [3.8, 4) is 44.9 Å². The van der Waals surface area contributed by atoms with Crippen molar-refractivity contribution in [1.82, 2.24) is 0 Å². The molecule has 0 fully saturated rings. The second-order valence-electron chi connectivity index (χ2n) is 12.3. The average Bonchev–Trinajstić information content (AvgIpc) is 3.39. The van der Waals surface area contributed by atoms with E-state index >= 15 is 0 Å². The van der Waals surface area contributed by atoms with Crippen LogP contribution in [0.4, 0.5) is 17.1 Å². The van der Waals surface area contributed by atoms with E-state index in [0.29, 0.717) is 0 Å². The fraction of sp³-hybridized carbons (Fsp3) is 0.0455. The highest BCUT2D eigenvalue weighted by atomic mass is 16.5. The predicted molar refractivity (Wildman–Crippen MR) is 190 cm³/mol. The van der Waals surface area contributed by atoms with Crippen LogP contribution in [-0.4, -0.2) is 0 Å². The Morgan fingerprint density at radius 1 is 0.435 bits per heavy atom. The summed E-state index contributed by atoms with van der Waals surface area (Å²) in [6.07, 6.45) is 0. The van der Waals surface area contributed by atoms with Crippen molar-refractivity contribution in [3.63, 3.8) is 0 Å². The number of nitrogens with zero attached hydrogens (tertiary/aromatic N) is 1. The van der Waals surface area contributed by atoms with Crippen LogP contribution in [0.25, 0.3) is 33.4 Å². The summed E-state index contributed by atoms with van der Waals surface area (Å²) in [4.78, 5) is 2.37. The molecule has 0 radical (unpaired) electrons. The Morgan fingerprint density at radius 2 is 0.957 bits per heavy atom. The molecule has 1 unspecified atom stereocenters. The topological polar surface area (TPSA) is 12.5 Å². The molecule has 9 rings (SSSR count). The highest BCUT2D eigenvalue weighted by Crippen LogP contribution is 2.56. The van der Waals surface area contributed by atoms with Crippen LogP contribution in [0, 0.1) is 0 Å². The molecule has 0 bridgehead atoms. The summed E-state index contributed by atoms with van der Waals surface area (Å²) in [6.45, 7) is 2.37. The quantitative estimate of drug-likeness (QED) is 0.202. The average molecular weight is 590 g/mol. The zero-order valence-electron chi connectivity index (χ0n) is 25.5. The minimum Gasteiger partial charge on any atom is -0.453 e. The summed E-state index contributed by atoms with van der Waals surface area (Å²) in [5.74, 6) is 1.68. The Balaban J connectivity index is 1.25. The zero-order chi connectivity index (χ0) is 30.7. The summed E-state index contributed by atoms with van der Waals surface area (Å²) >= 11 is 0. The molecule has 0 saturated heterocycles. The molecule has 1 aliphatic heterocycles. The number of ether oxygens (including phenoxy) is 1. The third-order valence-electron chi connectivity index (χ3n) is 9.74. The number of hydrogen-bond acceptors (Lipinski definition) is 2. The lowest BCUT2D eigenvalue weighted by Crippen LogP contribution is -2.23. The predicted octanol–water partition coefficient (Wildman–Crippen LogP) is 11.9. The molecule has 0 N–H and O–H groups in total. The van der Waals surface area contributed by atoms with Gasteiger partial charge in [0.05, 0.1) is 11.4 Å². The van der Waals surface area contributed by atoms with E-state index in [9.17, 15) is 0 Å². The molecular formula is C44H31NO. The first kappa shape index (κ1) is 26.5. The molecule has 1 heterocycles. The number of rotatable bonds is 4. The van der Waals surface area contributed by atoms with Crippen molar-refractivity contribution >= 4 is 17.1 Å². The van der Waals surface area contributed by atoms with E-state index in [0.717, 1.165) is 39.7 Å². The van der Waals surface area contributed by atoms with E-state index in [1.54, 1.807) is 0 Å². The first-order chi connectivity index (χ1) is 22.7. The van der Waals surface area contributed by atoms with E-state index in [1.165, 1.54) is 38.9 Å². The Kier molecular flexibility index (Phi) is 5.97. The minimum absolute atomic E-state index is 0.282. The van der Waals surface area contributed by atoms with E-state index in [2.05, 4.69) is 182 Å². The minimum atomic E-state index is -0.282. The van der Waals surface area contributed by atoms with Crippen LogP contribution in [0.1, 0.15) is 23.6 Å². The normalized spacial score (nSPS) is 15.7. The Morgan fingerprint density at radius 3 is 1.57 bits per heavy atom. The molecule has 0 spiro atoms. The summed E-state index contributed by atoms with van der Waals surface area (Å²) in [5, 5.41) is 0. The summed E-state index contributed by atoms with van der Waals surface area (Å²) in [7, 11) is 0. The van der Waals surface area contributed by atoms with Crippen LogP contribution in [0.5, 0.6) is 11.5 Å². The van der Waals surface area contributed by atoms with Gasteiger partial charge >= 0.3 is 0 Å². The molecule has 0 amide bonds. The van der Waals surface area contributed by atoms with Crippen molar-refractivity contribution in [2.24, 2.45) is 0 Å². The van der Waals surface area contributed by atoms with E-state index in [1.807, 2.05) is 0 Å². The van der Waals surface area contributed by atoms with Crippen LogP contribution >= 0.6 is 0 Å². The van der Waals surface area contributed by atoms with Gasteiger partial charge in [-0.1, -0.05) is 133 Å². The van der Waals surface area contributed by atoms with Gasteiger partial charge in [0.2, 0.25) is 0 Å². The maximum Gasteiger partial charge on any atom is 0.152 e. The van der Waals surface area contributed by atoms with Crippen molar-refractivity contribution in [1.29, 1.82) is 0 Å². The summed E-state index contributed by atoms with van der Waals surface area (Å²) in [5.41, 5.74) is 14.0. The standard InChI is InChI=1S/C44H31NO/c1-44(34-17-9-4-10-18-34)38-20-12-11-19-36(38)37-24-23-35(29-39(37)44)45-40-25-21-32(30-13-5-2-6-14-30)27-42(40)46-43-28-33(22-26-41(43)45)31-15-7-3-8-16-31/h2-29H,1H3. The first-order valence-electron chi connectivity index (χ1n) is 15.9. The van der Waals surface area contributed by atoms with Gasteiger partial charge in [-0.25, -0.2) is 0 Å². The van der Waals surface area contributed by atoms with E-state index in [-0.39, 0.29) is 5.41 Å². The van der Waals surface area contributed by atoms with Crippen molar-refractivity contribution in [2.75, 3.05) is 4.90 Å². The molecule has 218 valence electrons. The lowest BCUT2D eigenvalue weighted by molar-refractivity contribution is 0.477. The number of fused-ring (bicyclic) bond motifs is 5. The summed E-state index contributed by atoms with van der Waals surface area (Å²) < 4.78 is 6.77. The summed E-state index contributed by atoms with van der Waals surface area (Å²) in [6, 6.07) is 60.9. The molecule has 7 aromatic rings. The number of hydrogen-bond donors (Lipinski definition) is 0. The largest absolute Gasteiger partial charge is 0.453 e. The molecule has 0 aromatic heterocycles. The molecule has 2 aliphatic rings. The maximum absolute atomic E-state index is 6.77. The Bertz CT molecular complexity index is 2150. The van der Waals surface area contributed by atoms with Gasteiger partial charge < -0.3 is 9.64 Å². The molecular weight excluding hydrogens is 558 g/mol. The fourth-order valence-corrected chi connectivity index (χ4v) is 7.41. The van der Waals surface area contributed by atoms with Gasteiger partial charge in [-0.15, -0.1) is 0 Å². The van der Waals surface area contributed by atoms with Gasteiger partial charge in [0.15, 0.2) is 11.5 Å². The highest BCUT2D eigenvalue weighted by Gasteiger charge is 2.41. The van der Waals surface area contributed by atoms with Crippen LogP contribution < -0.4 is 9.64 Å². The second-order valence-corrected chi connectivity index (χ2v) is 12.3. The van der Waals surface area contributed by atoms with E-state index in [4.69, 9.17) is 4.74 Å². The molecule has 1 aliphatic carbocycles. The maximum atomic E-state index is 6.77. The monoisotopic (exact) mass is 589 g/mol. The van der Waals surface area contributed by atoms with Gasteiger partial charge in [-0.3, -0.25) is 0 Å². The third-order valence-corrected chi connectivity index (χ3v) is 9.74. The van der Waals surface area contributed by atoms with Crippen molar-refractivity contribution in [3.05, 3.63) is 187 Å². The Hall–Kier alpha value is -5.86. The Labute approximate surface area is 269 Å². The number of benzene rings is 7. The van der Waals surface area contributed by atoms with Crippen LogP contribution in [-0.2, 0) is 5.41 Å². The molecule has 0 saturated carbocycles. The molecule has 2 nitrogen and oxygen atoms in total. The van der Waals surface area contributed by atoms with Gasteiger partial charge in [0.1, 0.15) is 0 Å². The lowest BCUT2D eigenvalue weighted by atomic mass is 9.74. The molecule has 7 aromatic carbocycles. The molecule has 46 heavy (non-hydrogen) atoms. The number of anilines is 3. The fourth-order valence-electron chi connectivity index (χ4n) is 7.41. The smallest absolute Gasteiger partial charge is 0.152 e. The zero-order valence-corrected chi connectivity index (χ0v) is 25.5. The second kappa shape index (κ2) is 10.4. The van der Waals surface area contributed by atoms with Crippen LogP contribution in [0.2, 0.25) is 0 Å². The van der Waals surface area contributed by atoms with Crippen LogP contribution in [0.3, 0.4) is 0 Å². The third kappa shape index (κ3) is 4.04. The van der Waals surface area contributed by atoms with Gasteiger partial charge in [-0.2, -0.15) is 0 Å². The van der Waals surface area contributed by atoms with Gasteiger partial charge in [0.25, 0.3) is 0 Å². The first-order valence-corrected chi connectivity index (χ1v) is 15.9. The van der Waals surface area contributed by atoms with Crippen LogP contribution in [0.15, 0.2) is 170 Å². The van der Waals surface area contributed by atoms with Gasteiger partial charge in [0, 0.05) is 11.1 Å². The SMILES string of the molecule is CC1(c2ccccc2)c2ccccc2-c2ccc(N3c4ccc(-c5ccccc5)cc4Oc4cc(-c5ccccc5)ccc43)cc21. The molecule has 2 heteroatoms. The van der Waals surface area contributed by atoms with Crippen molar-refractivity contribution in [2.45, 2.75) is 12.3 Å². The lowest BCUT2D eigenvalue weighted by Gasteiger charge is -2.35. The van der Waals surface area contributed by atoms with E-state index < -0.39 is 0 Å². The molecule has 1 atom stereocenters. The van der Waals surface area contributed by atoms with Gasteiger partial charge in [-0.05, 0) is 93.4 Å². The van der Waals surface area contributed by atoms with Crippen molar-refractivity contribution < 1.29 is 4.74 Å². The highest BCUT2D eigenvalue weighted by molar-refractivity contribution is 5.92.